The van der Waals surface area contributed by atoms with E-state index in [2.05, 4.69) is 4.31 Å². The van der Waals surface area contributed by atoms with E-state index in [-0.39, 0.29) is 0 Å². The molecule has 0 fully saturated rings. The van der Waals surface area contributed by atoms with Gasteiger partial charge in [-0.1, -0.05) is 19.8 Å². The highest BCUT2D eigenvalue weighted by molar-refractivity contribution is 7.60. The maximum atomic E-state index is 11.2. The van der Waals surface area contributed by atoms with Crippen molar-refractivity contribution in [1.82, 2.24) is 0 Å². The topological polar surface area (TPSA) is 113 Å². The second kappa shape index (κ2) is 5.74. The van der Waals surface area contributed by atoms with Gasteiger partial charge in [-0.25, -0.2) is 9.13 Å². The van der Waals surface area contributed by atoms with E-state index in [4.69, 9.17) is 19.2 Å². The first-order chi connectivity index (χ1) is 6.97. The van der Waals surface area contributed by atoms with Crippen LogP contribution in [0.2, 0.25) is 0 Å². The quantitative estimate of drug-likeness (QED) is 0.610. The molecule has 3 N–H and O–H groups in total. The molecular weight excluding hydrogens is 258 g/mol. The summed E-state index contributed by atoms with van der Waals surface area (Å²) in [4.78, 5) is 25.9. The highest BCUT2D eigenvalue weighted by Gasteiger charge is 2.37. The third-order valence-corrected chi connectivity index (χ3v) is 4.11. The van der Waals surface area contributed by atoms with Gasteiger partial charge >= 0.3 is 15.6 Å². The molecule has 1 atom stereocenters. The van der Waals surface area contributed by atoms with Crippen molar-refractivity contribution in [1.29, 1.82) is 0 Å². The van der Waals surface area contributed by atoms with E-state index in [1.165, 1.54) is 0 Å². The lowest BCUT2D eigenvalue weighted by Crippen LogP contribution is -2.23. The van der Waals surface area contributed by atoms with Crippen molar-refractivity contribution < 1.29 is 32.6 Å². The lowest BCUT2D eigenvalue weighted by molar-refractivity contribution is 0.0551. The lowest BCUT2D eigenvalue weighted by Gasteiger charge is -2.26. The summed E-state index contributed by atoms with van der Waals surface area (Å²) in [6.45, 7) is 5.05. The van der Waals surface area contributed by atoms with Crippen LogP contribution in [-0.4, -0.2) is 20.3 Å². The van der Waals surface area contributed by atoms with E-state index in [0.717, 1.165) is 12.8 Å². The average Bonchev–Trinajstić information content (AvgIpc) is 1.93. The van der Waals surface area contributed by atoms with Crippen molar-refractivity contribution in [3.05, 3.63) is 0 Å². The Balaban J connectivity index is 4.46. The largest absolute Gasteiger partial charge is 0.481 e. The van der Waals surface area contributed by atoms with Crippen LogP contribution in [0.4, 0.5) is 0 Å². The minimum Gasteiger partial charge on any atom is -0.302 e. The Bertz CT molecular complexity index is 308. The third-order valence-electron chi connectivity index (χ3n) is 1.70. The van der Waals surface area contributed by atoms with Gasteiger partial charge in [-0.3, -0.25) is 4.52 Å². The van der Waals surface area contributed by atoms with Gasteiger partial charge < -0.3 is 14.7 Å². The molecule has 0 heterocycles. The van der Waals surface area contributed by atoms with Gasteiger partial charge in [0.15, 0.2) is 0 Å². The molecule has 1 unspecified atom stereocenters. The molecular formula is C7H18O7P2. The van der Waals surface area contributed by atoms with Gasteiger partial charge in [0.1, 0.15) is 0 Å². The fourth-order valence-corrected chi connectivity index (χ4v) is 3.04. The number of hydrogen-bond acceptors (Lipinski definition) is 4. The molecule has 0 bridgehead atoms. The smallest absolute Gasteiger partial charge is 0.302 e. The minimum atomic E-state index is -5.04. The summed E-state index contributed by atoms with van der Waals surface area (Å²) in [6.07, 6.45) is 2.13. The molecule has 0 saturated carbocycles. The fraction of sp³-hybridized carbons (Fsp3) is 1.00. The normalized spacial score (nSPS) is 17.1. The first kappa shape index (κ1) is 16.3. The second-order valence-electron chi connectivity index (χ2n) is 4.00. The Kier molecular flexibility index (Phi) is 5.83. The molecule has 0 spiro atoms. The standard InChI is InChI=1S/C7H18O7P2/c1-4-5-6-7(2,3)13-16(11,12)14-15(8,9)10/h4-6H2,1-3H3,(H,11,12)(H2,8,9,10). The van der Waals surface area contributed by atoms with Crippen molar-refractivity contribution in [3.63, 3.8) is 0 Å². The van der Waals surface area contributed by atoms with Gasteiger partial charge in [0, 0.05) is 0 Å². The highest BCUT2D eigenvalue weighted by atomic mass is 31.3. The van der Waals surface area contributed by atoms with Crippen molar-refractivity contribution in [2.24, 2.45) is 0 Å². The predicted molar refractivity (Wildman–Crippen MR) is 57.6 cm³/mol. The van der Waals surface area contributed by atoms with Crippen LogP contribution in [0.5, 0.6) is 0 Å². The fourth-order valence-electron chi connectivity index (χ4n) is 1.11. The van der Waals surface area contributed by atoms with E-state index in [1.54, 1.807) is 13.8 Å². The van der Waals surface area contributed by atoms with Gasteiger partial charge in [-0.05, 0) is 20.3 Å². The molecule has 0 saturated heterocycles. The highest BCUT2D eigenvalue weighted by Crippen LogP contribution is 2.59. The summed E-state index contributed by atoms with van der Waals surface area (Å²) in [5.74, 6) is 0. The Morgan fingerprint density at radius 1 is 1.19 bits per heavy atom. The molecule has 7 nitrogen and oxygen atoms in total. The monoisotopic (exact) mass is 276 g/mol. The molecule has 0 aliphatic rings. The minimum absolute atomic E-state index is 0.485. The maximum Gasteiger partial charge on any atom is 0.481 e. The van der Waals surface area contributed by atoms with Crippen LogP contribution in [0.1, 0.15) is 40.0 Å². The van der Waals surface area contributed by atoms with Gasteiger partial charge in [-0.15, -0.1) is 0 Å². The van der Waals surface area contributed by atoms with Crippen molar-refractivity contribution >= 4 is 15.6 Å². The Morgan fingerprint density at radius 2 is 1.69 bits per heavy atom. The Hall–Kier alpha value is 0.260. The number of phosphoric ester groups is 1. The van der Waals surface area contributed by atoms with Gasteiger partial charge in [0.25, 0.3) is 0 Å². The van der Waals surface area contributed by atoms with Crippen LogP contribution in [0, 0.1) is 0 Å². The Labute approximate surface area is 94.6 Å². The molecule has 0 aromatic rings. The number of rotatable bonds is 7. The SMILES string of the molecule is CCCCC(C)(C)OP(=O)(O)OP(=O)(O)O. The number of phosphoric acid groups is 2. The van der Waals surface area contributed by atoms with E-state index in [0.29, 0.717) is 6.42 Å². The van der Waals surface area contributed by atoms with E-state index in [1.807, 2.05) is 6.92 Å². The first-order valence-corrected chi connectivity index (χ1v) is 7.80. The van der Waals surface area contributed by atoms with E-state index >= 15 is 0 Å². The summed E-state index contributed by atoms with van der Waals surface area (Å²) < 4.78 is 30.0. The van der Waals surface area contributed by atoms with Crippen LogP contribution >= 0.6 is 15.6 Å². The van der Waals surface area contributed by atoms with Crippen molar-refractivity contribution in [3.8, 4) is 0 Å². The molecule has 0 aromatic heterocycles. The summed E-state index contributed by atoms with van der Waals surface area (Å²) in [7, 11) is -9.78. The van der Waals surface area contributed by atoms with Gasteiger partial charge in [0.05, 0.1) is 5.60 Å². The zero-order valence-corrected chi connectivity index (χ0v) is 11.3. The van der Waals surface area contributed by atoms with Crippen molar-refractivity contribution in [2.45, 2.75) is 45.6 Å². The zero-order valence-electron chi connectivity index (χ0n) is 9.49. The molecule has 0 aromatic carbocycles. The van der Waals surface area contributed by atoms with Crippen molar-refractivity contribution in [2.75, 3.05) is 0 Å². The second-order valence-corrected chi connectivity index (χ2v) is 6.75. The average molecular weight is 276 g/mol. The molecule has 0 aliphatic heterocycles. The van der Waals surface area contributed by atoms with E-state index in [9.17, 15) is 9.13 Å². The van der Waals surface area contributed by atoms with Crippen LogP contribution in [0.25, 0.3) is 0 Å². The molecule has 0 amide bonds. The van der Waals surface area contributed by atoms with Crippen LogP contribution in [-0.2, 0) is 18.0 Å². The van der Waals surface area contributed by atoms with Crippen LogP contribution in [0.3, 0.4) is 0 Å². The first-order valence-electron chi connectivity index (χ1n) is 4.78. The molecule has 98 valence electrons. The summed E-state index contributed by atoms with van der Waals surface area (Å²) in [6, 6.07) is 0. The molecule has 0 aliphatic carbocycles. The molecule has 16 heavy (non-hydrogen) atoms. The van der Waals surface area contributed by atoms with E-state index < -0.39 is 21.2 Å². The number of hydrogen-bond donors (Lipinski definition) is 3. The summed E-state index contributed by atoms with van der Waals surface area (Å²) in [5.41, 5.74) is -0.977. The van der Waals surface area contributed by atoms with Crippen LogP contribution < -0.4 is 0 Å². The van der Waals surface area contributed by atoms with Gasteiger partial charge in [0.2, 0.25) is 0 Å². The molecule has 9 heteroatoms. The predicted octanol–water partition coefficient (Wildman–Crippen LogP) is 2.18. The number of unbranched alkanes of at least 4 members (excludes halogenated alkanes) is 1. The maximum absolute atomic E-state index is 11.2. The Morgan fingerprint density at radius 3 is 2.06 bits per heavy atom. The third kappa shape index (κ3) is 8.42. The van der Waals surface area contributed by atoms with Gasteiger partial charge in [-0.2, -0.15) is 4.31 Å². The summed E-state index contributed by atoms with van der Waals surface area (Å²) in [5, 5.41) is 0. The van der Waals surface area contributed by atoms with Crippen LogP contribution in [0.15, 0.2) is 0 Å². The molecule has 0 rings (SSSR count). The molecule has 0 radical (unpaired) electrons. The summed E-state index contributed by atoms with van der Waals surface area (Å²) >= 11 is 0. The lowest BCUT2D eigenvalue weighted by atomic mass is 10.0. The zero-order chi connectivity index (χ0) is 13.0.